The van der Waals surface area contributed by atoms with Crippen molar-refractivity contribution in [1.82, 2.24) is 0 Å². The smallest absolute Gasteiger partial charge is 0.285 e. The van der Waals surface area contributed by atoms with Gasteiger partial charge < -0.3 is 0 Å². The number of benzene rings is 1. The second-order valence-corrected chi connectivity index (χ2v) is 4.00. The Morgan fingerprint density at radius 3 is 2.56 bits per heavy atom. The fraction of sp³-hybridized carbons (Fsp3) is 0.182. The summed E-state index contributed by atoms with van der Waals surface area (Å²) in [5, 5.41) is 0.825. The van der Waals surface area contributed by atoms with Crippen molar-refractivity contribution in [3.63, 3.8) is 0 Å². The van der Waals surface area contributed by atoms with Crippen LogP contribution in [-0.2, 0) is 9.68 Å². The van der Waals surface area contributed by atoms with Crippen molar-refractivity contribution in [1.29, 1.82) is 0 Å². The minimum absolute atomic E-state index is 0.234. The van der Waals surface area contributed by atoms with Crippen molar-refractivity contribution in [2.24, 2.45) is 0 Å². The minimum atomic E-state index is -0.649. The first kappa shape index (κ1) is 12.9. The number of carbonyl (C=O) groups excluding carboxylic acids is 1. The fourth-order valence-corrected chi connectivity index (χ4v) is 1.26. The van der Waals surface area contributed by atoms with E-state index in [0.717, 1.165) is 0 Å². The van der Waals surface area contributed by atoms with E-state index in [1.165, 1.54) is 13.0 Å². The van der Waals surface area contributed by atoms with Gasteiger partial charge in [0, 0.05) is 10.6 Å². The molecule has 0 fully saturated rings. The second-order valence-electron chi connectivity index (χ2n) is 3.22. The normalized spacial score (nSPS) is 9.75. The Balaban J connectivity index is 2.79. The van der Waals surface area contributed by atoms with Crippen LogP contribution in [0.2, 0.25) is 10.0 Å². The van der Waals surface area contributed by atoms with E-state index in [1.54, 1.807) is 13.0 Å². The summed E-state index contributed by atoms with van der Waals surface area (Å²) in [5.74, 6) is -0.415. The highest BCUT2D eigenvalue weighted by Crippen LogP contribution is 2.32. The molecule has 16 heavy (non-hydrogen) atoms. The maximum atomic E-state index is 11.1. The molecule has 0 radical (unpaired) electrons. The molecule has 0 bridgehead atoms. The Labute approximate surface area is 103 Å². The zero-order chi connectivity index (χ0) is 12.3. The Morgan fingerprint density at radius 2 is 2.00 bits per heavy atom. The standard InChI is InChI=1S/C11H10Cl2O3/c1-6(2)11(14)16-15-9-5-4-8(12)7(3)10(9)13/h4-5H,1H2,2-3H3. The number of rotatable bonds is 3. The molecule has 5 heteroatoms. The summed E-state index contributed by atoms with van der Waals surface area (Å²) in [7, 11) is 0. The highest BCUT2D eigenvalue weighted by Gasteiger charge is 2.11. The van der Waals surface area contributed by atoms with Crippen molar-refractivity contribution >= 4 is 29.2 Å². The molecule has 0 heterocycles. The van der Waals surface area contributed by atoms with Crippen molar-refractivity contribution < 1.29 is 14.6 Å². The van der Waals surface area contributed by atoms with E-state index >= 15 is 0 Å². The Bertz CT molecular complexity index is 441. The summed E-state index contributed by atoms with van der Waals surface area (Å²) in [6, 6.07) is 3.12. The van der Waals surface area contributed by atoms with Gasteiger partial charge in [-0.25, -0.2) is 9.68 Å². The van der Waals surface area contributed by atoms with Gasteiger partial charge in [0.2, 0.25) is 0 Å². The maximum Gasteiger partial charge on any atom is 0.381 e. The van der Waals surface area contributed by atoms with Crippen molar-refractivity contribution in [3.8, 4) is 5.75 Å². The van der Waals surface area contributed by atoms with E-state index in [9.17, 15) is 4.79 Å². The van der Waals surface area contributed by atoms with Gasteiger partial charge in [-0.05, 0) is 31.5 Å². The predicted octanol–water partition coefficient (Wildman–Crippen LogP) is 3.71. The molecule has 1 aromatic rings. The van der Waals surface area contributed by atoms with Crippen LogP contribution < -0.4 is 4.89 Å². The van der Waals surface area contributed by atoms with E-state index in [0.29, 0.717) is 15.6 Å². The largest absolute Gasteiger partial charge is 0.381 e. The van der Waals surface area contributed by atoms with Crippen LogP contribution in [0.1, 0.15) is 12.5 Å². The highest BCUT2D eigenvalue weighted by molar-refractivity contribution is 6.36. The third-order valence-corrected chi connectivity index (χ3v) is 2.72. The van der Waals surface area contributed by atoms with E-state index < -0.39 is 5.97 Å². The van der Waals surface area contributed by atoms with Gasteiger partial charge in [0.15, 0.2) is 5.75 Å². The van der Waals surface area contributed by atoms with Crippen LogP contribution in [0.25, 0.3) is 0 Å². The molecule has 0 amide bonds. The average molecular weight is 261 g/mol. The van der Waals surface area contributed by atoms with E-state index in [2.05, 4.69) is 11.5 Å². The van der Waals surface area contributed by atoms with Gasteiger partial charge in [0.05, 0.1) is 5.02 Å². The SMILES string of the molecule is C=C(C)C(=O)OOc1ccc(Cl)c(C)c1Cl. The van der Waals surface area contributed by atoms with E-state index in [-0.39, 0.29) is 11.3 Å². The van der Waals surface area contributed by atoms with Crippen LogP contribution in [0.5, 0.6) is 5.75 Å². The van der Waals surface area contributed by atoms with Crippen molar-refractivity contribution in [2.45, 2.75) is 13.8 Å². The molecule has 0 aliphatic rings. The quantitative estimate of drug-likeness (QED) is 0.472. The summed E-state index contributed by atoms with van der Waals surface area (Å²) < 4.78 is 0. The second kappa shape index (κ2) is 5.23. The number of hydrogen-bond acceptors (Lipinski definition) is 3. The molecule has 0 aliphatic carbocycles. The van der Waals surface area contributed by atoms with Gasteiger partial charge in [-0.2, -0.15) is 0 Å². The summed E-state index contributed by atoms with van der Waals surface area (Å²) >= 11 is 11.8. The molecule has 1 rings (SSSR count). The highest BCUT2D eigenvalue weighted by atomic mass is 35.5. The number of carbonyl (C=O) groups is 1. The van der Waals surface area contributed by atoms with E-state index in [4.69, 9.17) is 28.1 Å². The van der Waals surface area contributed by atoms with Crippen LogP contribution in [0.3, 0.4) is 0 Å². The van der Waals surface area contributed by atoms with Crippen LogP contribution in [-0.4, -0.2) is 5.97 Å². The van der Waals surface area contributed by atoms with Crippen LogP contribution >= 0.6 is 23.2 Å². The fourth-order valence-electron chi connectivity index (χ4n) is 0.855. The number of halogens is 2. The zero-order valence-electron chi connectivity index (χ0n) is 8.84. The summed E-state index contributed by atoms with van der Waals surface area (Å²) in [4.78, 5) is 20.4. The summed E-state index contributed by atoms with van der Waals surface area (Å²) in [6.07, 6.45) is 0. The minimum Gasteiger partial charge on any atom is -0.285 e. The zero-order valence-corrected chi connectivity index (χ0v) is 10.4. The van der Waals surface area contributed by atoms with Gasteiger partial charge in [-0.3, -0.25) is 4.89 Å². The molecule has 1 aromatic carbocycles. The van der Waals surface area contributed by atoms with Gasteiger partial charge in [0.1, 0.15) is 0 Å². The molecule has 0 saturated carbocycles. The lowest BCUT2D eigenvalue weighted by atomic mass is 10.2. The summed E-state index contributed by atoms with van der Waals surface area (Å²) in [5.41, 5.74) is 0.897. The van der Waals surface area contributed by atoms with Gasteiger partial charge >= 0.3 is 5.97 Å². The molecule has 0 unspecified atom stereocenters. The molecule has 0 aliphatic heterocycles. The van der Waals surface area contributed by atoms with Crippen LogP contribution in [0.4, 0.5) is 0 Å². The van der Waals surface area contributed by atoms with Crippen molar-refractivity contribution in [3.05, 3.63) is 39.9 Å². The molecule has 86 valence electrons. The van der Waals surface area contributed by atoms with Crippen LogP contribution in [0, 0.1) is 6.92 Å². The monoisotopic (exact) mass is 260 g/mol. The average Bonchev–Trinajstić information content (AvgIpc) is 2.24. The molecular formula is C11H10Cl2O3. The van der Waals surface area contributed by atoms with Gasteiger partial charge in [-0.15, -0.1) is 0 Å². The Kier molecular flexibility index (Phi) is 4.21. The molecular weight excluding hydrogens is 251 g/mol. The Hall–Kier alpha value is -1.19. The molecule has 0 spiro atoms. The number of hydrogen-bond donors (Lipinski definition) is 0. The molecule has 0 N–H and O–H groups in total. The first-order valence-corrected chi connectivity index (χ1v) is 5.18. The lowest BCUT2D eigenvalue weighted by Gasteiger charge is -2.08. The third kappa shape index (κ3) is 2.90. The molecule has 0 atom stereocenters. The van der Waals surface area contributed by atoms with E-state index in [1.807, 2.05) is 0 Å². The third-order valence-electron chi connectivity index (χ3n) is 1.84. The van der Waals surface area contributed by atoms with Crippen molar-refractivity contribution in [2.75, 3.05) is 0 Å². The topological polar surface area (TPSA) is 35.5 Å². The molecule has 3 nitrogen and oxygen atoms in total. The first-order valence-electron chi connectivity index (χ1n) is 4.42. The van der Waals surface area contributed by atoms with Gasteiger partial charge in [-0.1, -0.05) is 29.8 Å². The summed E-state index contributed by atoms with van der Waals surface area (Å²) in [6.45, 7) is 6.66. The molecule has 0 aromatic heterocycles. The predicted molar refractivity (Wildman–Crippen MR) is 62.7 cm³/mol. The lowest BCUT2D eigenvalue weighted by molar-refractivity contribution is -0.208. The first-order chi connectivity index (χ1) is 7.43. The Morgan fingerprint density at radius 1 is 1.38 bits per heavy atom. The lowest BCUT2D eigenvalue weighted by Crippen LogP contribution is -2.08. The van der Waals surface area contributed by atoms with Crippen LogP contribution in [0.15, 0.2) is 24.3 Å². The maximum absolute atomic E-state index is 11.1. The molecule has 0 saturated heterocycles. The van der Waals surface area contributed by atoms with Gasteiger partial charge in [0.25, 0.3) is 0 Å².